The minimum absolute atomic E-state index is 0.0764. The van der Waals surface area contributed by atoms with Gasteiger partial charge in [-0.05, 0) is 38.5 Å². The molecule has 0 amide bonds. The highest BCUT2D eigenvalue weighted by molar-refractivity contribution is 6.32. The van der Waals surface area contributed by atoms with Gasteiger partial charge in [0, 0.05) is 12.2 Å². The van der Waals surface area contributed by atoms with E-state index in [9.17, 15) is 0 Å². The smallest absolute Gasteiger partial charge is 0.232 e. The minimum atomic E-state index is 0.0764. The molecule has 1 saturated heterocycles. The summed E-state index contributed by atoms with van der Waals surface area (Å²) in [5, 5.41) is 4.56. The number of halogens is 1. The SMILES string of the molecule is CC(C)Oc1ccc(-c2noc(C3CCOC3)n2)cc1Cl. The number of ether oxygens (including phenoxy) is 2. The highest BCUT2D eigenvalue weighted by Gasteiger charge is 2.24. The largest absolute Gasteiger partial charge is 0.489 e. The molecule has 0 spiro atoms. The van der Waals surface area contributed by atoms with Gasteiger partial charge in [-0.2, -0.15) is 4.98 Å². The number of hydrogen-bond acceptors (Lipinski definition) is 5. The van der Waals surface area contributed by atoms with E-state index in [1.165, 1.54) is 0 Å². The predicted molar refractivity (Wildman–Crippen MR) is 78.7 cm³/mol. The van der Waals surface area contributed by atoms with Gasteiger partial charge in [0.15, 0.2) is 0 Å². The standard InChI is InChI=1S/C15H17ClN2O3/c1-9(2)20-13-4-3-10(7-12(13)16)14-17-15(21-18-14)11-5-6-19-8-11/h3-4,7,9,11H,5-6,8H2,1-2H3. The zero-order valence-corrected chi connectivity index (χ0v) is 12.8. The molecule has 1 aromatic carbocycles. The maximum atomic E-state index is 6.23. The molecule has 0 radical (unpaired) electrons. The van der Waals surface area contributed by atoms with Crippen molar-refractivity contribution in [1.29, 1.82) is 0 Å². The fourth-order valence-corrected chi connectivity index (χ4v) is 2.46. The molecule has 2 aromatic rings. The van der Waals surface area contributed by atoms with Gasteiger partial charge < -0.3 is 14.0 Å². The first-order chi connectivity index (χ1) is 10.1. The second-order valence-corrected chi connectivity index (χ2v) is 5.74. The average Bonchev–Trinajstić information content (AvgIpc) is 3.10. The molecule has 1 unspecified atom stereocenters. The van der Waals surface area contributed by atoms with E-state index in [1.807, 2.05) is 26.0 Å². The molecule has 2 heterocycles. The van der Waals surface area contributed by atoms with Gasteiger partial charge in [-0.3, -0.25) is 0 Å². The zero-order chi connectivity index (χ0) is 14.8. The molecule has 5 nitrogen and oxygen atoms in total. The first-order valence-corrected chi connectivity index (χ1v) is 7.39. The Balaban J connectivity index is 1.82. The number of hydrogen-bond donors (Lipinski definition) is 0. The van der Waals surface area contributed by atoms with E-state index in [2.05, 4.69) is 10.1 Å². The lowest BCUT2D eigenvalue weighted by Gasteiger charge is -2.11. The monoisotopic (exact) mass is 308 g/mol. The third-order valence-corrected chi connectivity index (χ3v) is 3.57. The van der Waals surface area contributed by atoms with Crippen molar-refractivity contribution in [2.24, 2.45) is 0 Å². The first-order valence-electron chi connectivity index (χ1n) is 7.01. The summed E-state index contributed by atoms with van der Waals surface area (Å²) in [6.45, 7) is 5.30. The fourth-order valence-electron chi connectivity index (χ4n) is 2.24. The van der Waals surface area contributed by atoms with Gasteiger partial charge in [-0.15, -0.1) is 0 Å². The Labute approximate surface area is 128 Å². The van der Waals surface area contributed by atoms with Crippen LogP contribution in [0, 0.1) is 0 Å². The maximum Gasteiger partial charge on any atom is 0.232 e. The summed E-state index contributed by atoms with van der Waals surface area (Å²) in [7, 11) is 0. The molecule has 6 heteroatoms. The van der Waals surface area contributed by atoms with Gasteiger partial charge in [0.2, 0.25) is 11.7 Å². The molecular formula is C15H17ClN2O3. The molecule has 1 atom stereocenters. The average molecular weight is 309 g/mol. The van der Waals surface area contributed by atoms with Crippen molar-refractivity contribution in [2.45, 2.75) is 32.3 Å². The Kier molecular flexibility index (Phi) is 4.12. The van der Waals surface area contributed by atoms with Crippen molar-refractivity contribution in [2.75, 3.05) is 13.2 Å². The van der Waals surface area contributed by atoms with E-state index in [-0.39, 0.29) is 12.0 Å². The lowest BCUT2D eigenvalue weighted by molar-refractivity contribution is 0.189. The van der Waals surface area contributed by atoms with E-state index in [0.29, 0.717) is 29.1 Å². The second-order valence-electron chi connectivity index (χ2n) is 5.33. The minimum Gasteiger partial charge on any atom is -0.489 e. The summed E-state index contributed by atoms with van der Waals surface area (Å²) in [5.41, 5.74) is 0.810. The van der Waals surface area contributed by atoms with Crippen LogP contribution in [-0.4, -0.2) is 29.5 Å². The van der Waals surface area contributed by atoms with Crippen LogP contribution in [0.1, 0.15) is 32.1 Å². The van der Waals surface area contributed by atoms with Crippen LogP contribution in [0.25, 0.3) is 11.4 Å². The molecule has 0 bridgehead atoms. The third kappa shape index (κ3) is 3.19. The molecule has 0 saturated carbocycles. The van der Waals surface area contributed by atoms with Gasteiger partial charge in [-0.25, -0.2) is 0 Å². The topological polar surface area (TPSA) is 57.4 Å². The number of aromatic nitrogens is 2. The van der Waals surface area contributed by atoms with E-state index in [1.54, 1.807) is 6.07 Å². The van der Waals surface area contributed by atoms with Gasteiger partial charge in [0.1, 0.15) is 5.75 Å². The van der Waals surface area contributed by atoms with Gasteiger partial charge in [0.05, 0.1) is 23.7 Å². The van der Waals surface area contributed by atoms with Crippen molar-refractivity contribution in [3.05, 3.63) is 29.1 Å². The van der Waals surface area contributed by atoms with E-state index >= 15 is 0 Å². The lowest BCUT2D eigenvalue weighted by atomic mass is 10.1. The molecule has 1 aromatic heterocycles. The van der Waals surface area contributed by atoms with Crippen molar-refractivity contribution < 1.29 is 14.0 Å². The van der Waals surface area contributed by atoms with Crippen LogP contribution in [-0.2, 0) is 4.74 Å². The van der Waals surface area contributed by atoms with Crippen molar-refractivity contribution in [1.82, 2.24) is 10.1 Å². The van der Waals surface area contributed by atoms with Crippen LogP contribution < -0.4 is 4.74 Å². The van der Waals surface area contributed by atoms with Crippen LogP contribution in [0.4, 0.5) is 0 Å². The highest BCUT2D eigenvalue weighted by atomic mass is 35.5. The molecule has 3 rings (SSSR count). The van der Waals surface area contributed by atoms with Crippen LogP contribution >= 0.6 is 11.6 Å². The molecular weight excluding hydrogens is 292 g/mol. The molecule has 1 aliphatic rings. The number of rotatable bonds is 4. The second kappa shape index (κ2) is 6.03. The third-order valence-electron chi connectivity index (χ3n) is 3.27. The summed E-state index contributed by atoms with van der Waals surface area (Å²) < 4.78 is 16.3. The van der Waals surface area contributed by atoms with Crippen LogP contribution in [0.3, 0.4) is 0 Å². The molecule has 1 aliphatic heterocycles. The van der Waals surface area contributed by atoms with E-state index in [0.717, 1.165) is 18.6 Å². The summed E-state index contributed by atoms with van der Waals surface area (Å²) >= 11 is 6.23. The van der Waals surface area contributed by atoms with E-state index < -0.39 is 0 Å². The quantitative estimate of drug-likeness (QED) is 0.862. The zero-order valence-electron chi connectivity index (χ0n) is 12.0. The Bertz CT molecular complexity index is 621. The maximum absolute atomic E-state index is 6.23. The van der Waals surface area contributed by atoms with E-state index in [4.69, 9.17) is 25.6 Å². The normalized spacial score (nSPS) is 18.4. The van der Waals surface area contributed by atoms with Crippen LogP contribution in [0.5, 0.6) is 5.75 Å². The predicted octanol–water partition coefficient (Wildman–Crippen LogP) is 3.68. The molecule has 0 N–H and O–H groups in total. The Morgan fingerprint density at radius 3 is 2.90 bits per heavy atom. The lowest BCUT2D eigenvalue weighted by Crippen LogP contribution is -2.05. The molecule has 0 aliphatic carbocycles. The summed E-state index contributed by atoms with van der Waals surface area (Å²) in [5.74, 6) is 2.02. The fraction of sp³-hybridized carbons (Fsp3) is 0.467. The number of nitrogens with zero attached hydrogens (tertiary/aromatic N) is 2. The Hall–Kier alpha value is -1.59. The van der Waals surface area contributed by atoms with Crippen LogP contribution in [0.15, 0.2) is 22.7 Å². The van der Waals surface area contributed by atoms with Gasteiger partial charge in [0.25, 0.3) is 0 Å². The Morgan fingerprint density at radius 1 is 1.38 bits per heavy atom. The van der Waals surface area contributed by atoms with Crippen molar-refractivity contribution in [3.63, 3.8) is 0 Å². The summed E-state index contributed by atoms with van der Waals surface area (Å²) in [4.78, 5) is 4.44. The molecule has 1 fully saturated rings. The highest BCUT2D eigenvalue weighted by Crippen LogP contribution is 2.31. The van der Waals surface area contributed by atoms with Crippen molar-refractivity contribution >= 4 is 11.6 Å². The van der Waals surface area contributed by atoms with Gasteiger partial charge >= 0.3 is 0 Å². The van der Waals surface area contributed by atoms with Crippen LogP contribution in [0.2, 0.25) is 5.02 Å². The van der Waals surface area contributed by atoms with Gasteiger partial charge in [-0.1, -0.05) is 16.8 Å². The molecule has 112 valence electrons. The Morgan fingerprint density at radius 2 is 2.24 bits per heavy atom. The molecule has 21 heavy (non-hydrogen) atoms. The van der Waals surface area contributed by atoms with Crippen molar-refractivity contribution in [3.8, 4) is 17.1 Å². The summed E-state index contributed by atoms with van der Waals surface area (Å²) in [6.07, 6.45) is 0.997. The summed E-state index contributed by atoms with van der Waals surface area (Å²) in [6, 6.07) is 5.49. The number of benzene rings is 1. The first kappa shape index (κ1) is 14.4.